The first-order chi connectivity index (χ1) is 7.25. The molecular formula is C14H20O. The molecule has 0 N–H and O–H groups in total. The van der Waals surface area contributed by atoms with Gasteiger partial charge in [-0.1, -0.05) is 30.7 Å². The minimum atomic E-state index is 0.493. The molecule has 0 amide bonds. The molecule has 1 nitrogen and oxygen atoms in total. The summed E-state index contributed by atoms with van der Waals surface area (Å²) in [6, 6.07) is 0. The van der Waals surface area contributed by atoms with Crippen LogP contribution in [0, 0.1) is 17.8 Å². The highest BCUT2D eigenvalue weighted by atomic mass is 16.5. The Morgan fingerprint density at radius 2 is 2.20 bits per heavy atom. The molecule has 3 aliphatic rings. The molecule has 0 bridgehead atoms. The van der Waals surface area contributed by atoms with E-state index in [9.17, 15) is 0 Å². The molecule has 1 heteroatoms. The molecular weight excluding hydrogens is 184 g/mol. The monoisotopic (exact) mass is 204 g/mol. The van der Waals surface area contributed by atoms with Crippen LogP contribution in [0.4, 0.5) is 0 Å². The first kappa shape index (κ1) is 9.65. The van der Waals surface area contributed by atoms with Crippen molar-refractivity contribution >= 4 is 0 Å². The first-order valence-electron chi connectivity index (χ1n) is 6.25. The summed E-state index contributed by atoms with van der Waals surface area (Å²) in [5, 5.41) is 0. The Morgan fingerprint density at radius 1 is 1.33 bits per heavy atom. The second-order valence-corrected chi connectivity index (χ2v) is 5.49. The van der Waals surface area contributed by atoms with Crippen LogP contribution in [0.1, 0.15) is 33.1 Å². The molecule has 1 saturated heterocycles. The van der Waals surface area contributed by atoms with Gasteiger partial charge in [0.1, 0.15) is 0 Å². The fraction of sp³-hybridized carbons (Fsp3) is 0.714. The van der Waals surface area contributed by atoms with Gasteiger partial charge in [0.25, 0.3) is 0 Å². The fourth-order valence-corrected chi connectivity index (χ4v) is 3.45. The van der Waals surface area contributed by atoms with E-state index in [1.54, 1.807) is 5.57 Å². The molecule has 1 aliphatic heterocycles. The van der Waals surface area contributed by atoms with Gasteiger partial charge in [0.15, 0.2) is 0 Å². The fourth-order valence-electron chi connectivity index (χ4n) is 3.45. The highest BCUT2D eigenvalue weighted by molar-refractivity contribution is 5.18. The van der Waals surface area contributed by atoms with Crippen LogP contribution in [0.5, 0.6) is 0 Å². The van der Waals surface area contributed by atoms with Gasteiger partial charge in [-0.2, -0.15) is 0 Å². The van der Waals surface area contributed by atoms with Crippen molar-refractivity contribution in [3.05, 3.63) is 23.8 Å². The van der Waals surface area contributed by atoms with E-state index in [4.69, 9.17) is 4.74 Å². The third kappa shape index (κ3) is 1.48. The minimum absolute atomic E-state index is 0.493. The lowest BCUT2D eigenvalue weighted by Crippen LogP contribution is -2.27. The number of fused-ring (bicyclic) bond motifs is 3. The van der Waals surface area contributed by atoms with E-state index < -0.39 is 0 Å². The molecule has 0 spiro atoms. The average Bonchev–Trinajstić information content (AvgIpc) is 2.58. The van der Waals surface area contributed by atoms with Crippen LogP contribution in [0.3, 0.4) is 0 Å². The molecule has 5 unspecified atom stereocenters. The topological polar surface area (TPSA) is 9.23 Å². The van der Waals surface area contributed by atoms with E-state index in [0.717, 1.165) is 0 Å². The van der Waals surface area contributed by atoms with Crippen molar-refractivity contribution in [1.29, 1.82) is 0 Å². The number of allylic oxidation sites excluding steroid dienone is 2. The van der Waals surface area contributed by atoms with Crippen molar-refractivity contribution in [2.45, 2.75) is 45.3 Å². The summed E-state index contributed by atoms with van der Waals surface area (Å²) in [7, 11) is 0. The zero-order chi connectivity index (χ0) is 10.4. The molecule has 1 heterocycles. The molecule has 15 heavy (non-hydrogen) atoms. The van der Waals surface area contributed by atoms with Crippen molar-refractivity contribution in [2.24, 2.45) is 17.8 Å². The van der Waals surface area contributed by atoms with Gasteiger partial charge in [-0.3, -0.25) is 0 Å². The number of ether oxygens (including phenoxy) is 1. The predicted octanol–water partition coefficient (Wildman–Crippen LogP) is 3.32. The van der Waals surface area contributed by atoms with Gasteiger partial charge in [-0.15, -0.1) is 0 Å². The highest BCUT2D eigenvalue weighted by Gasteiger charge is 2.45. The van der Waals surface area contributed by atoms with E-state index in [-0.39, 0.29) is 0 Å². The lowest BCUT2D eigenvalue weighted by molar-refractivity contribution is -0.00133. The second-order valence-electron chi connectivity index (χ2n) is 5.49. The van der Waals surface area contributed by atoms with Crippen molar-refractivity contribution in [2.75, 3.05) is 0 Å². The SMILES string of the molecule is CC1=CC2C(CC1)OC1C(C)CC=CC21. The number of hydrogen-bond donors (Lipinski definition) is 0. The van der Waals surface area contributed by atoms with Crippen LogP contribution in [-0.2, 0) is 4.74 Å². The number of hydrogen-bond acceptors (Lipinski definition) is 1. The van der Waals surface area contributed by atoms with Crippen LogP contribution in [0.2, 0.25) is 0 Å². The maximum absolute atomic E-state index is 6.23. The van der Waals surface area contributed by atoms with Crippen molar-refractivity contribution < 1.29 is 4.74 Å². The van der Waals surface area contributed by atoms with Crippen LogP contribution < -0.4 is 0 Å². The lowest BCUT2D eigenvalue weighted by atomic mass is 9.75. The molecule has 0 aromatic rings. The Bertz CT molecular complexity index is 315. The van der Waals surface area contributed by atoms with Gasteiger partial charge in [0.2, 0.25) is 0 Å². The van der Waals surface area contributed by atoms with Crippen molar-refractivity contribution in [3.8, 4) is 0 Å². The standard InChI is InChI=1S/C14H20O/c1-9-6-7-13-12(8-9)11-5-3-4-10(2)14(11)15-13/h3,5,8,10-14H,4,6-7H2,1-2H3. The molecule has 0 radical (unpaired) electrons. The van der Waals surface area contributed by atoms with Gasteiger partial charge < -0.3 is 4.74 Å². The Labute approximate surface area is 92.2 Å². The zero-order valence-electron chi connectivity index (χ0n) is 9.65. The molecule has 3 rings (SSSR count). The van der Waals surface area contributed by atoms with Crippen LogP contribution in [0.25, 0.3) is 0 Å². The Kier molecular flexibility index (Phi) is 2.24. The summed E-state index contributed by atoms with van der Waals surface area (Å²) in [4.78, 5) is 0. The summed E-state index contributed by atoms with van der Waals surface area (Å²) >= 11 is 0. The highest BCUT2D eigenvalue weighted by Crippen LogP contribution is 2.45. The van der Waals surface area contributed by atoms with Gasteiger partial charge >= 0.3 is 0 Å². The molecule has 82 valence electrons. The third-order valence-electron chi connectivity index (χ3n) is 4.31. The second kappa shape index (κ2) is 3.48. The van der Waals surface area contributed by atoms with Gasteiger partial charge in [-0.25, -0.2) is 0 Å². The van der Waals surface area contributed by atoms with Gasteiger partial charge in [-0.05, 0) is 32.1 Å². The van der Waals surface area contributed by atoms with Crippen LogP contribution >= 0.6 is 0 Å². The zero-order valence-corrected chi connectivity index (χ0v) is 9.65. The first-order valence-corrected chi connectivity index (χ1v) is 6.25. The minimum Gasteiger partial charge on any atom is -0.373 e. The summed E-state index contributed by atoms with van der Waals surface area (Å²) in [5.41, 5.74) is 1.56. The van der Waals surface area contributed by atoms with E-state index in [0.29, 0.717) is 30.0 Å². The Hall–Kier alpha value is -0.560. The normalized spacial score (nSPS) is 48.4. The molecule has 1 fully saturated rings. The van der Waals surface area contributed by atoms with Crippen molar-refractivity contribution in [1.82, 2.24) is 0 Å². The maximum Gasteiger partial charge on any atom is 0.0676 e. The summed E-state index contributed by atoms with van der Waals surface area (Å²) in [6.07, 6.45) is 11.9. The summed E-state index contributed by atoms with van der Waals surface area (Å²) in [5.74, 6) is 2.04. The van der Waals surface area contributed by atoms with Crippen LogP contribution in [-0.4, -0.2) is 12.2 Å². The van der Waals surface area contributed by atoms with Crippen LogP contribution in [0.15, 0.2) is 23.8 Å². The Morgan fingerprint density at radius 3 is 3.07 bits per heavy atom. The Balaban J connectivity index is 1.91. The molecule has 0 aromatic heterocycles. The third-order valence-corrected chi connectivity index (χ3v) is 4.31. The molecule has 2 aliphatic carbocycles. The van der Waals surface area contributed by atoms with E-state index in [2.05, 4.69) is 32.1 Å². The number of rotatable bonds is 0. The quantitative estimate of drug-likeness (QED) is 0.550. The smallest absolute Gasteiger partial charge is 0.0676 e. The molecule has 5 atom stereocenters. The summed E-state index contributed by atoms with van der Waals surface area (Å²) < 4.78 is 6.23. The van der Waals surface area contributed by atoms with E-state index in [1.807, 2.05) is 0 Å². The van der Waals surface area contributed by atoms with Crippen molar-refractivity contribution in [3.63, 3.8) is 0 Å². The van der Waals surface area contributed by atoms with Gasteiger partial charge in [0, 0.05) is 11.8 Å². The summed E-state index contributed by atoms with van der Waals surface area (Å²) in [6.45, 7) is 4.59. The molecule has 0 aromatic carbocycles. The maximum atomic E-state index is 6.23. The van der Waals surface area contributed by atoms with E-state index >= 15 is 0 Å². The predicted molar refractivity (Wildman–Crippen MR) is 61.6 cm³/mol. The molecule has 0 saturated carbocycles. The van der Waals surface area contributed by atoms with Gasteiger partial charge in [0.05, 0.1) is 12.2 Å². The largest absolute Gasteiger partial charge is 0.373 e. The van der Waals surface area contributed by atoms with E-state index in [1.165, 1.54) is 19.3 Å². The lowest BCUT2D eigenvalue weighted by Gasteiger charge is -2.27. The average molecular weight is 204 g/mol.